The van der Waals surface area contributed by atoms with Crippen LogP contribution in [0.1, 0.15) is 16.7 Å². The van der Waals surface area contributed by atoms with Crippen LogP contribution in [0, 0.1) is 27.6 Å². The summed E-state index contributed by atoms with van der Waals surface area (Å²) in [5.41, 5.74) is 3.13. The third-order valence-electron chi connectivity index (χ3n) is 5.67. The molecule has 0 atom stereocenters. The molecule has 0 aliphatic heterocycles. The Balaban J connectivity index is 1.58. The van der Waals surface area contributed by atoms with Crippen molar-refractivity contribution < 1.29 is 18.7 Å². The third-order valence-corrected chi connectivity index (χ3v) is 6.47. The Morgan fingerprint density at radius 2 is 1.86 bits per heavy atom. The number of rotatable bonds is 7. The highest BCUT2D eigenvalue weighted by Gasteiger charge is 2.15. The van der Waals surface area contributed by atoms with Gasteiger partial charge >= 0.3 is 0 Å². The Labute approximate surface area is 222 Å². The predicted octanol–water partition coefficient (Wildman–Crippen LogP) is 7.03. The fraction of sp³-hybridized carbons (Fsp3) is 0.103. The van der Waals surface area contributed by atoms with E-state index < -0.39 is 11.7 Å². The van der Waals surface area contributed by atoms with Crippen molar-refractivity contribution in [3.05, 3.63) is 104 Å². The van der Waals surface area contributed by atoms with Gasteiger partial charge in [0.1, 0.15) is 24.1 Å². The van der Waals surface area contributed by atoms with E-state index in [-0.39, 0.29) is 5.57 Å². The molecule has 0 saturated carbocycles. The number of anilines is 1. The average Bonchev–Trinajstić information content (AvgIpc) is 2.88. The summed E-state index contributed by atoms with van der Waals surface area (Å²) in [4.78, 5) is 12.6. The van der Waals surface area contributed by atoms with Gasteiger partial charge < -0.3 is 14.8 Å². The summed E-state index contributed by atoms with van der Waals surface area (Å²) in [5.74, 6) is 0.0626. The number of hydrogen-bond acceptors (Lipinski definition) is 4. The molecule has 0 heterocycles. The molecule has 0 radical (unpaired) electrons. The minimum absolute atomic E-state index is 0.0998. The van der Waals surface area contributed by atoms with Crippen LogP contribution in [-0.2, 0) is 11.4 Å². The largest absolute Gasteiger partial charge is 0.493 e. The molecule has 0 aromatic heterocycles. The molecular weight excluding hydrogens is 570 g/mol. The zero-order valence-electron chi connectivity index (χ0n) is 19.6. The van der Waals surface area contributed by atoms with Gasteiger partial charge in [-0.25, -0.2) is 4.39 Å². The number of carbonyl (C=O) groups is 1. The van der Waals surface area contributed by atoms with E-state index in [1.807, 2.05) is 24.3 Å². The molecule has 0 fully saturated rings. The van der Waals surface area contributed by atoms with Gasteiger partial charge in [-0.3, -0.25) is 4.79 Å². The maximum Gasteiger partial charge on any atom is 0.266 e. The van der Waals surface area contributed by atoms with Crippen LogP contribution in [0.3, 0.4) is 0 Å². The van der Waals surface area contributed by atoms with Crippen LogP contribution in [0.15, 0.2) is 78.4 Å². The second-order valence-electron chi connectivity index (χ2n) is 8.04. The molecule has 180 valence electrons. The van der Waals surface area contributed by atoms with Crippen molar-refractivity contribution in [3.63, 3.8) is 0 Å². The summed E-state index contributed by atoms with van der Waals surface area (Å²) in [6, 6.07) is 23.1. The minimum atomic E-state index is -0.593. The quantitative estimate of drug-likeness (QED) is 0.142. The maximum absolute atomic E-state index is 13.1. The summed E-state index contributed by atoms with van der Waals surface area (Å²) in [6.07, 6.45) is 1.47. The molecule has 1 N–H and O–H groups in total. The van der Waals surface area contributed by atoms with Gasteiger partial charge in [0.15, 0.2) is 11.5 Å². The molecule has 5 nitrogen and oxygen atoms in total. The van der Waals surface area contributed by atoms with E-state index in [1.54, 1.807) is 13.2 Å². The van der Waals surface area contributed by atoms with Gasteiger partial charge in [-0.2, -0.15) is 5.26 Å². The fourth-order valence-electron chi connectivity index (χ4n) is 3.79. The summed E-state index contributed by atoms with van der Waals surface area (Å²) >= 11 is 2.15. The van der Waals surface area contributed by atoms with Crippen LogP contribution < -0.4 is 14.8 Å². The van der Waals surface area contributed by atoms with E-state index in [4.69, 9.17) is 9.47 Å². The van der Waals surface area contributed by atoms with Crippen LogP contribution in [0.25, 0.3) is 16.8 Å². The number of amides is 1. The Bertz CT molecular complexity index is 1510. The highest BCUT2D eigenvalue weighted by atomic mass is 127. The van der Waals surface area contributed by atoms with E-state index in [0.717, 1.165) is 25.5 Å². The van der Waals surface area contributed by atoms with Crippen molar-refractivity contribution in [2.24, 2.45) is 0 Å². The number of nitrogens with zero attached hydrogens (tertiary/aromatic N) is 1. The average molecular weight is 592 g/mol. The number of ether oxygens (including phenoxy) is 2. The normalized spacial score (nSPS) is 11.1. The van der Waals surface area contributed by atoms with Crippen LogP contribution in [0.4, 0.5) is 10.1 Å². The first-order valence-corrected chi connectivity index (χ1v) is 12.1. The second-order valence-corrected chi connectivity index (χ2v) is 9.20. The van der Waals surface area contributed by atoms with Crippen molar-refractivity contribution in [3.8, 4) is 17.6 Å². The van der Waals surface area contributed by atoms with Gasteiger partial charge in [0, 0.05) is 11.3 Å². The number of nitriles is 1. The minimum Gasteiger partial charge on any atom is -0.493 e. The zero-order valence-corrected chi connectivity index (χ0v) is 21.8. The lowest BCUT2D eigenvalue weighted by Crippen LogP contribution is -2.13. The predicted molar refractivity (Wildman–Crippen MR) is 147 cm³/mol. The van der Waals surface area contributed by atoms with E-state index >= 15 is 0 Å². The molecule has 0 bridgehead atoms. The molecule has 0 unspecified atom stereocenters. The molecule has 36 heavy (non-hydrogen) atoms. The summed E-state index contributed by atoms with van der Waals surface area (Å²) in [6.45, 7) is 2.42. The lowest BCUT2D eigenvalue weighted by atomic mass is 10.0. The van der Waals surface area contributed by atoms with E-state index in [1.165, 1.54) is 30.3 Å². The molecule has 7 heteroatoms. The molecule has 0 aliphatic rings. The van der Waals surface area contributed by atoms with E-state index in [9.17, 15) is 14.4 Å². The molecule has 0 saturated heterocycles. The number of halogens is 2. The Hall–Kier alpha value is -3.90. The highest BCUT2D eigenvalue weighted by molar-refractivity contribution is 14.1. The topological polar surface area (TPSA) is 71.3 Å². The summed E-state index contributed by atoms with van der Waals surface area (Å²) in [7, 11) is 1.54. The molecule has 0 aliphatic carbocycles. The Kier molecular flexibility index (Phi) is 7.86. The number of hydrogen-bond donors (Lipinski definition) is 1. The first-order chi connectivity index (χ1) is 17.4. The van der Waals surface area contributed by atoms with Gasteiger partial charge in [0.2, 0.25) is 0 Å². The van der Waals surface area contributed by atoms with Crippen molar-refractivity contribution in [1.82, 2.24) is 0 Å². The van der Waals surface area contributed by atoms with Crippen LogP contribution in [0.2, 0.25) is 0 Å². The zero-order chi connectivity index (χ0) is 25.7. The SMILES string of the molecule is COc1cc(/C=C(\C#N)C(=O)Nc2ccc(F)cc2)cc(I)c1OCc1c(C)ccc2ccccc12. The summed E-state index contributed by atoms with van der Waals surface area (Å²) in [5, 5.41) is 14.4. The van der Waals surface area contributed by atoms with Gasteiger partial charge in [0.25, 0.3) is 5.91 Å². The van der Waals surface area contributed by atoms with Crippen LogP contribution in [-0.4, -0.2) is 13.0 Å². The highest BCUT2D eigenvalue weighted by Crippen LogP contribution is 2.36. The smallest absolute Gasteiger partial charge is 0.266 e. The second kappa shape index (κ2) is 11.2. The molecule has 4 aromatic rings. The molecule has 4 aromatic carbocycles. The van der Waals surface area contributed by atoms with Crippen molar-refractivity contribution in [2.75, 3.05) is 12.4 Å². The van der Waals surface area contributed by atoms with Crippen molar-refractivity contribution in [1.29, 1.82) is 5.26 Å². The monoisotopic (exact) mass is 592 g/mol. The lowest BCUT2D eigenvalue weighted by molar-refractivity contribution is -0.112. The number of carbonyl (C=O) groups excluding carboxylic acids is 1. The van der Waals surface area contributed by atoms with Gasteiger partial charge in [-0.15, -0.1) is 0 Å². The standard InChI is InChI=1S/C29H22FIN2O3/c1-18-7-8-20-5-3-4-6-24(20)25(18)17-36-28-26(31)14-19(15-27(28)35-2)13-21(16-32)29(34)33-23-11-9-22(30)10-12-23/h3-15H,17H2,1-2H3,(H,33,34)/b21-13+. The molecule has 0 spiro atoms. The van der Waals surface area contributed by atoms with Gasteiger partial charge in [0.05, 0.1) is 10.7 Å². The van der Waals surface area contributed by atoms with E-state index in [2.05, 4.69) is 59.1 Å². The first-order valence-electron chi connectivity index (χ1n) is 11.1. The number of fused-ring (bicyclic) bond motifs is 1. The Morgan fingerprint density at radius 3 is 2.58 bits per heavy atom. The van der Waals surface area contributed by atoms with E-state index in [0.29, 0.717) is 29.4 Å². The number of methoxy groups -OCH3 is 1. The maximum atomic E-state index is 13.1. The van der Waals surface area contributed by atoms with Gasteiger partial charge in [-0.05, 0) is 93.9 Å². The first kappa shape index (κ1) is 25.2. The number of aryl methyl sites for hydroxylation is 1. The Morgan fingerprint density at radius 1 is 1.11 bits per heavy atom. The van der Waals surface area contributed by atoms with Crippen molar-refractivity contribution >= 4 is 51.0 Å². The molecule has 1 amide bonds. The molecular formula is C29H22FIN2O3. The number of benzene rings is 4. The van der Waals surface area contributed by atoms with Crippen LogP contribution >= 0.6 is 22.6 Å². The van der Waals surface area contributed by atoms with Gasteiger partial charge in [-0.1, -0.05) is 36.4 Å². The third kappa shape index (κ3) is 5.66. The fourth-order valence-corrected chi connectivity index (χ4v) is 4.57. The summed E-state index contributed by atoms with van der Waals surface area (Å²) < 4.78 is 25.7. The number of nitrogens with one attached hydrogen (secondary N) is 1. The van der Waals surface area contributed by atoms with Crippen LogP contribution in [0.5, 0.6) is 11.5 Å². The van der Waals surface area contributed by atoms with Crippen molar-refractivity contribution in [2.45, 2.75) is 13.5 Å². The lowest BCUT2D eigenvalue weighted by Gasteiger charge is -2.16. The molecule has 4 rings (SSSR count).